The van der Waals surface area contributed by atoms with E-state index >= 15 is 0 Å². The van der Waals surface area contributed by atoms with Gasteiger partial charge in [-0.1, -0.05) is 24.3 Å². The van der Waals surface area contributed by atoms with E-state index in [4.69, 9.17) is 10.5 Å². The van der Waals surface area contributed by atoms with Crippen LogP contribution in [-0.2, 0) is 6.42 Å². The first-order chi connectivity index (χ1) is 11.0. The predicted molar refractivity (Wildman–Crippen MR) is 91.4 cm³/mol. The molecule has 0 fully saturated rings. The Bertz CT molecular complexity index is 657. The normalized spacial score (nSPS) is 11.6. The van der Waals surface area contributed by atoms with E-state index in [-0.39, 0.29) is 17.6 Å². The van der Waals surface area contributed by atoms with Crippen LogP contribution in [0.2, 0.25) is 0 Å². The van der Waals surface area contributed by atoms with Crippen molar-refractivity contribution in [2.75, 3.05) is 6.54 Å². The summed E-state index contributed by atoms with van der Waals surface area (Å²) in [6.45, 7) is 4.48. The number of nitrogens with zero attached hydrogens (tertiary/aromatic N) is 1. The van der Waals surface area contributed by atoms with E-state index in [1.54, 1.807) is 18.2 Å². The highest BCUT2D eigenvalue weighted by molar-refractivity contribution is 5.78. The smallest absolute Gasteiger partial charge is 0.188 e. The molecule has 0 aliphatic heterocycles. The van der Waals surface area contributed by atoms with E-state index in [0.717, 1.165) is 5.56 Å². The van der Waals surface area contributed by atoms with Crippen LogP contribution in [0.5, 0.6) is 11.5 Å². The fourth-order valence-corrected chi connectivity index (χ4v) is 2.04. The maximum absolute atomic E-state index is 14.1. The maximum atomic E-state index is 14.1. The molecule has 2 rings (SSSR count). The van der Waals surface area contributed by atoms with Gasteiger partial charge in [-0.25, -0.2) is 4.39 Å². The lowest BCUT2D eigenvalue weighted by atomic mass is 10.1. The van der Waals surface area contributed by atoms with Gasteiger partial charge in [0.1, 0.15) is 5.75 Å². The van der Waals surface area contributed by atoms with Crippen LogP contribution >= 0.6 is 0 Å². The van der Waals surface area contributed by atoms with Gasteiger partial charge in [-0.05, 0) is 50.1 Å². The zero-order chi connectivity index (χ0) is 16.7. The average molecular weight is 315 g/mol. The van der Waals surface area contributed by atoms with Gasteiger partial charge in [0.2, 0.25) is 0 Å². The molecular formula is C18H22FN3O. The maximum Gasteiger partial charge on any atom is 0.188 e. The minimum atomic E-state index is -0.386. The van der Waals surface area contributed by atoms with Crippen LogP contribution in [0.25, 0.3) is 0 Å². The van der Waals surface area contributed by atoms with E-state index < -0.39 is 0 Å². The van der Waals surface area contributed by atoms with Crippen LogP contribution in [-0.4, -0.2) is 18.5 Å². The second kappa shape index (κ2) is 8.17. The van der Waals surface area contributed by atoms with E-state index in [2.05, 4.69) is 10.3 Å². The molecule has 0 heterocycles. The van der Waals surface area contributed by atoms with E-state index in [0.29, 0.717) is 24.7 Å². The molecule has 0 atom stereocenters. The number of para-hydroxylation sites is 1. The summed E-state index contributed by atoms with van der Waals surface area (Å²) in [5, 5.41) is 3.01. The molecule has 2 aromatic rings. The number of rotatable bonds is 6. The summed E-state index contributed by atoms with van der Waals surface area (Å²) in [7, 11) is 0. The van der Waals surface area contributed by atoms with E-state index in [9.17, 15) is 4.39 Å². The Balaban J connectivity index is 1.94. The molecule has 3 N–H and O–H groups in total. The number of ether oxygens (including phenoxy) is 1. The van der Waals surface area contributed by atoms with Crippen molar-refractivity contribution in [1.29, 1.82) is 0 Å². The lowest BCUT2D eigenvalue weighted by molar-refractivity contribution is 0.441. The molecule has 0 saturated carbocycles. The van der Waals surface area contributed by atoms with Crippen molar-refractivity contribution in [2.45, 2.75) is 26.3 Å². The largest absolute Gasteiger partial charge is 0.454 e. The first-order valence-electron chi connectivity index (χ1n) is 7.62. The Morgan fingerprint density at radius 2 is 1.96 bits per heavy atom. The molecular weight excluding hydrogens is 293 g/mol. The van der Waals surface area contributed by atoms with Crippen LogP contribution in [0.15, 0.2) is 53.5 Å². The second-order valence-electron chi connectivity index (χ2n) is 5.50. The van der Waals surface area contributed by atoms with Crippen LogP contribution in [0.4, 0.5) is 4.39 Å². The summed E-state index contributed by atoms with van der Waals surface area (Å²) >= 11 is 0. The number of halogens is 1. The third kappa shape index (κ3) is 5.62. The van der Waals surface area contributed by atoms with Gasteiger partial charge in [-0.15, -0.1) is 0 Å². The van der Waals surface area contributed by atoms with Crippen LogP contribution in [0.1, 0.15) is 19.4 Å². The Morgan fingerprint density at radius 1 is 1.22 bits per heavy atom. The molecule has 23 heavy (non-hydrogen) atoms. The summed E-state index contributed by atoms with van der Waals surface area (Å²) < 4.78 is 19.6. The third-order valence-electron chi connectivity index (χ3n) is 3.09. The number of nitrogens with one attached hydrogen (secondary N) is 1. The predicted octanol–water partition coefficient (Wildman–Crippen LogP) is 3.47. The van der Waals surface area contributed by atoms with Crippen LogP contribution < -0.4 is 15.8 Å². The molecule has 0 bridgehead atoms. The van der Waals surface area contributed by atoms with Crippen molar-refractivity contribution >= 4 is 5.96 Å². The zero-order valence-corrected chi connectivity index (χ0v) is 13.4. The second-order valence-corrected chi connectivity index (χ2v) is 5.50. The molecule has 0 radical (unpaired) electrons. The monoisotopic (exact) mass is 315 g/mol. The van der Waals surface area contributed by atoms with Crippen molar-refractivity contribution in [3.63, 3.8) is 0 Å². The van der Waals surface area contributed by atoms with Gasteiger partial charge in [-0.2, -0.15) is 0 Å². The Labute approximate surface area is 136 Å². The highest BCUT2D eigenvalue weighted by Crippen LogP contribution is 2.25. The Hall–Kier alpha value is -2.56. The minimum absolute atomic E-state index is 0.212. The lowest BCUT2D eigenvalue weighted by Gasteiger charge is -2.09. The fraction of sp³-hybridized carbons (Fsp3) is 0.278. The summed E-state index contributed by atoms with van der Waals surface area (Å²) in [5.74, 6) is 0.842. The molecule has 0 aromatic heterocycles. The number of guanidine groups is 1. The van der Waals surface area contributed by atoms with Gasteiger partial charge in [0, 0.05) is 12.6 Å². The van der Waals surface area contributed by atoms with Crippen molar-refractivity contribution in [1.82, 2.24) is 5.32 Å². The van der Waals surface area contributed by atoms with Gasteiger partial charge >= 0.3 is 0 Å². The summed E-state index contributed by atoms with van der Waals surface area (Å²) in [4.78, 5) is 4.21. The Kier molecular flexibility index (Phi) is 5.97. The first kappa shape index (κ1) is 16.8. The third-order valence-corrected chi connectivity index (χ3v) is 3.09. The van der Waals surface area contributed by atoms with Gasteiger partial charge in [0.25, 0.3) is 0 Å². The quantitative estimate of drug-likeness (QED) is 0.634. The van der Waals surface area contributed by atoms with E-state index in [1.165, 1.54) is 6.07 Å². The van der Waals surface area contributed by atoms with Gasteiger partial charge in [0.15, 0.2) is 17.5 Å². The van der Waals surface area contributed by atoms with Crippen molar-refractivity contribution in [3.05, 3.63) is 59.9 Å². The summed E-state index contributed by atoms with van der Waals surface area (Å²) in [6, 6.07) is 14.3. The number of hydrogen-bond donors (Lipinski definition) is 2. The van der Waals surface area contributed by atoms with Crippen molar-refractivity contribution in [2.24, 2.45) is 10.7 Å². The fourth-order valence-electron chi connectivity index (χ4n) is 2.04. The minimum Gasteiger partial charge on any atom is -0.454 e. The molecule has 0 unspecified atom stereocenters. The number of benzene rings is 2. The SMILES string of the molecule is CC(C)NC(N)=NCCc1ccc(Oc2ccccc2)c(F)c1. The molecule has 4 nitrogen and oxygen atoms in total. The molecule has 0 aliphatic carbocycles. The highest BCUT2D eigenvalue weighted by atomic mass is 19.1. The standard InChI is InChI=1S/C18H22FN3O/c1-13(2)22-18(20)21-11-10-14-8-9-17(16(19)12-14)23-15-6-4-3-5-7-15/h3-9,12-13H,10-11H2,1-2H3,(H3,20,21,22). The molecule has 2 aromatic carbocycles. The van der Waals surface area contributed by atoms with E-state index in [1.807, 2.05) is 38.1 Å². The summed E-state index contributed by atoms with van der Waals surface area (Å²) in [5.41, 5.74) is 6.57. The Morgan fingerprint density at radius 3 is 2.61 bits per heavy atom. The lowest BCUT2D eigenvalue weighted by Crippen LogP contribution is -2.36. The molecule has 0 saturated heterocycles. The molecule has 122 valence electrons. The average Bonchev–Trinajstić information content (AvgIpc) is 2.50. The topological polar surface area (TPSA) is 59.6 Å². The molecule has 5 heteroatoms. The number of hydrogen-bond acceptors (Lipinski definition) is 2. The number of nitrogens with two attached hydrogens (primary N) is 1. The van der Waals surface area contributed by atoms with Crippen molar-refractivity contribution in [3.8, 4) is 11.5 Å². The van der Waals surface area contributed by atoms with Crippen molar-refractivity contribution < 1.29 is 9.13 Å². The highest BCUT2D eigenvalue weighted by Gasteiger charge is 2.06. The summed E-state index contributed by atoms with van der Waals surface area (Å²) in [6.07, 6.45) is 0.614. The molecule has 0 aliphatic rings. The van der Waals surface area contributed by atoms with Gasteiger partial charge in [-0.3, -0.25) is 4.99 Å². The number of aliphatic imine (C=N–C) groups is 1. The first-order valence-corrected chi connectivity index (χ1v) is 7.62. The zero-order valence-electron chi connectivity index (χ0n) is 13.4. The van der Waals surface area contributed by atoms with Crippen LogP contribution in [0.3, 0.4) is 0 Å². The van der Waals surface area contributed by atoms with Crippen LogP contribution in [0, 0.1) is 5.82 Å². The molecule has 0 spiro atoms. The molecule has 0 amide bonds. The van der Waals surface area contributed by atoms with Gasteiger partial charge in [0.05, 0.1) is 0 Å². The van der Waals surface area contributed by atoms with Gasteiger partial charge < -0.3 is 15.8 Å².